The van der Waals surface area contributed by atoms with Crippen LogP contribution in [0.1, 0.15) is 25.2 Å². The van der Waals surface area contributed by atoms with Gasteiger partial charge < -0.3 is 10.1 Å². The smallest absolute Gasteiger partial charge is 0.257 e. The van der Waals surface area contributed by atoms with E-state index in [1.165, 1.54) is 41.8 Å². The van der Waals surface area contributed by atoms with Crippen molar-refractivity contribution < 1.29 is 22.3 Å². The number of hydrogen-bond acceptors (Lipinski definition) is 5. The Kier molecular flexibility index (Phi) is 5.91. The molecule has 0 aliphatic rings. The Labute approximate surface area is 186 Å². The molecule has 0 aliphatic heterocycles. The van der Waals surface area contributed by atoms with Crippen LogP contribution in [0.5, 0.6) is 0 Å². The second kappa shape index (κ2) is 8.67. The Hall–Kier alpha value is -3.71. The van der Waals surface area contributed by atoms with Gasteiger partial charge in [-0.1, -0.05) is 11.8 Å². The topological polar surface area (TPSA) is 64.3 Å². The molecule has 0 fully saturated rings. The number of hydrogen-bond donors (Lipinski definition) is 1. The normalized spacial score (nSPS) is 11.8. The van der Waals surface area contributed by atoms with Gasteiger partial charge in [0.25, 0.3) is 5.78 Å². The fraction of sp³-hybridized carbons (Fsp3) is 0.261. The number of benzene rings is 2. The molecule has 1 N–H and O–H groups in total. The second-order valence-electron chi connectivity index (χ2n) is 7.79. The quantitative estimate of drug-likeness (QED) is 0.342. The maximum Gasteiger partial charge on any atom is 0.257 e. The van der Waals surface area contributed by atoms with E-state index in [4.69, 9.17) is 4.74 Å². The first-order chi connectivity index (χ1) is 15.6. The third kappa shape index (κ3) is 4.88. The molecule has 0 unspecified atom stereocenters. The molecule has 0 bridgehead atoms. The summed E-state index contributed by atoms with van der Waals surface area (Å²) in [7, 11) is 1.52. The highest BCUT2D eigenvalue weighted by Crippen LogP contribution is 2.28. The van der Waals surface area contributed by atoms with Crippen LogP contribution in [0.3, 0.4) is 0 Å². The summed E-state index contributed by atoms with van der Waals surface area (Å²) in [5.74, 6) is 4.89. The molecular formula is C23H19F4N5O. The van der Waals surface area contributed by atoms with E-state index in [0.29, 0.717) is 16.8 Å². The lowest BCUT2D eigenvalue weighted by Crippen LogP contribution is -2.19. The van der Waals surface area contributed by atoms with Crippen molar-refractivity contribution in [2.24, 2.45) is 0 Å². The Morgan fingerprint density at radius 2 is 1.88 bits per heavy atom. The summed E-state index contributed by atoms with van der Waals surface area (Å²) in [6.07, 6.45) is -3.27. The third-order valence-electron chi connectivity index (χ3n) is 4.89. The minimum absolute atomic E-state index is 0.000248. The number of aromatic nitrogens is 4. The third-order valence-corrected chi connectivity index (χ3v) is 4.89. The van der Waals surface area contributed by atoms with Gasteiger partial charge in [-0.15, -0.1) is 10.2 Å². The first kappa shape index (κ1) is 22.5. The summed E-state index contributed by atoms with van der Waals surface area (Å²) in [4.78, 5) is 4.31. The van der Waals surface area contributed by atoms with E-state index >= 15 is 0 Å². The summed E-state index contributed by atoms with van der Waals surface area (Å²) in [6.45, 7) is 3.55. The number of nitrogens with zero attached hydrogens (tertiary/aromatic N) is 4. The number of fused-ring (bicyclic) bond motifs is 3. The molecule has 33 heavy (non-hydrogen) atoms. The van der Waals surface area contributed by atoms with Gasteiger partial charge in [0, 0.05) is 23.7 Å². The number of methoxy groups -OCH3 is 1. The molecule has 6 nitrogen and oxygen atoms in total. The number of halogens is 4. The molecule has 170 valence electrons. The number of rotatable bonds is 5. The van der Waals surface area contributed by atoms with Gasteiger partial charge in [-0.2, -0.15) is 4.98 Å². The minimum atomic E-state index is -2.64. The van der Waals surface area contributed by atoms with E-state index in [1.807, 2.05) is 0 Å². The van der Waals surface area contributed by atoms with Gasteiger partial charge in [0.05, 0.1) is 11.9 Å². The minimum Gasteiger partial charge on any atom is -0.366 e. The molecule has 2 aromatic heterocycles. The van der Waals surface area contributed by atoms with Crippen molar-refractivity contribution >= 4 is 28.2 Å². The van der Waals surface area contributed by atoms with Gasteiger partial charge in [0.2, 0.25) is 6.43 Å². The van der Waals surface area contributed by atoms with Crippen molar-refractivity contribution in [1.29, 1.82) is 0 Å². The first-order valence-electron chi connectivity index (χ1n) is 9.92. The molecule has 2 aromatic carbocycles. The van der Waals surface area contributed by atoms with E-state index in [0.717, 1.165) is 0 Å². The lowest BCUT2D eigenvalue weighted by molar-refractivity contribution is 0.0741. The fourth-order valence-corrected chi connectivity index (χ4v) is 3.19. The summed E-state index contributed by atoms with van der Waals surface area (Å²) >= 11 is 0. The number of alkyl halides is 2. The monoisotopic (exact) mass is 457 g/mol. The molecule has 4 aromatic rings. The van der Waals surface area contributed by atoms with Crippen LogP contribution in [-0.2, 0) is 11.2 Å². The van der Waals surface area contributed by atoms with Crippen LogP contribution in [0.15, 0.2) is 36.4 Å². The highest BCUT2D eigenvalue weighted by molar-refractivity contribution is 5.93. The van der Waals surface area contributed by atoms with Crippen LogP contribution < -0.4 is 5.32 Å². The van der Waals surface area contributed by atoms with E-state index in [9.17, 15) is 17.6 Å². The zero-order valence-electron chi connectivity index (χ0n) is 18.0. The maximum absolute atomic E-state index is 14.3. The van der Waals surface area contributed by atoms with E-state index in [2.05, 4.69) is 32.3 Å². The summed E-state index contributed by atoms with van der Waals surface area (Å²) in [6, 6.07) is 7.94. The molecular weight excluding hydrogens is 438 g/mol. The van der Waals surface area contributed by atoms with Crippen molar-refractivity contribution in [2.75, 3.05) is 12.4 Å². The van der Waals surface area contributed by atoms with Gasteiger partial charge in [0.15, 0.2) is 0 Å². The molecule has 0 radical (unpaired) electrons. The molecule has 10 heteroatoms. The zero-order valence-corrected chi connectivity index (χ0v) is 18.0. The van der Waals surface area contributed by atoms with Crippen LogP contribution in [0.25, 0.3) is 16.7 Å². The number of anilines is 2. The predicted molar refractivity (Wildman–Crippen MR) is 116 cm³/mol. The predicted octanol–water partition coefficient (Wildman–Crippen LogP) is 4.88. The largest absolute Gasteiger partial charge is 0.366 e. The van der Waals surface area contributed by atoms with E-state index in [-0.39, 0.29) is 22.8 Å². The second-order valence-corrected chi connectivity index (χ2v) is 7.79. The first-order valence-corrected chi connectivity index (χ1v) is 9.92. The lowest BCUT2D eigenvalue weighted by Gasteiger charge is -2.14. The molecule has 0 saturated heterocycles. The van der Waals surface area contributed by atoms with Gasteiger partial charge >= 0.3 is 0 Å². The molecule has 0 aliphatic carbocycles. The molecule has 0 atom stereocenters. The number of ether oxygens (including phenoxy) is 1. The van der Waals surface area contributed by atoms with Crippen LogP contribution in [0, 0.1) is 23.5 Å². The summed E-state index contributed by atoms with van der Waals surface area (Å²) < 4.78 is 60.9. The van der Waals surface area contributed by atoms with Crippen molar-refractivity contribution in [3.05, 3.63) is 59.4 Å². The molecule has 0 saturated carbocycles. The summed E-state index contributed by atoms with van der Waals surface area (Å²) in [5, 5.41) is 10.9. The fourth-order valence-electron chi connectivity index (χ4n) is 3.19. The van der Waals surface area contributed by atoms with Gasteiger partial charge in [-0.25, -0.2) is 17.6 Å². The van der Waals surface area contributed by atoms with Crippen molar-refractivity contribution in [3.8, 4) is 11.8 Å². The van der Waals surface area contributed by atoms with Crippen LogP contribution in [-0.4, -0.2) is 38.7 Å². The highest BCUT2D eigenvalue weighted by atomic mass is 19.3. The Balaban J connectivity index is 1.81. The van der Waals surface area contributed by atoms with Crippen molar-refractivity contribution in [1.82, 2.24) is 19.6 Å². The Bertz CT molecular complexity index is 1400. The van der Waals surface area contributed by atoms with Gasteiger partial charge in [-0.05, 0) is 50.2 Å². The standard InChI is InChI=1S/C23H19F4N5O/c1-23(2,33-3)7-6-13-8-15(25)10-16(9-13)28-21-17-11-14(24)4-5-18(17)32-20(12-19(26)27)30-31-22(32)29-21/h4-5,8-11,19H,12H2,1-3H3,(H,28,29,31). The average Bonchev–Trinajstić information content (AvgIpc) is 3.14. The Morgan fingerprint density at radius 1 is 1.09 bits per heavy atom. The summed E-state index contributed by atoms with van der Waals surface area (Å²) in [5.41, 5.74) is 0.358. The van der Waals surface area contributed by atoms with E-state index < -0.39 is 30.1 Å². The number of nitrogens with one attached hydrogen (secondary N) is 1. The van der Waals surface area contributed by atoms with Crippen LogP contribution in [0.2, 0.25) is 0 Å². The SMILES string of the molecule is COC(C)(C)C#Cc1cc(F)cc(Nc2nc3nnc(CC(F)F)n3c3ccc(F)cc23)c1. The van der Waals surface area contributed by atoms with Gasteiger partial charge in [0.1, 0.15) is 28.9 Å². The maximum atomic E-state index is 14.3. The molecule has 0 spiro atoms. The molecule has 4 rings (SSSR count). The van der Waals surface area contributed by atoms with Crippen molar-refractivity contribution in [3.63, 3.8) is 0 Å². The molecule has 2 heterocycles. The molecule has 0 amide bonds. The average molecular weight is 457 g/mol. The zero-order chi connectivity index (χ0) is 23.8. The highest BCUT2D eigenvalue weighted by Gasteiger charge is 2.18. The van der Waals surface area contributed by atoms with Gasteiger partial charge in [-0.3, -0.25) is 4.40 Å². The van der Waals surface area contributed by atoms with Crippen molar-refractivity contribution in [2.45, 2.75) is 32.3 Å². The van der Waals surface area contributed by atoms with Crippen LogP contribution >= 0.6 is 0 Å². The lowest BCUT2D eigenvalue weighted by atomic mass is 10.1. The van der Waals surface area contributed by atoms with E-state index in [1.54, 1.807) is 19.9 Å². The Morgan fingerprint density at radius 3 is 2.61 bits per heavy atom. The van der Waals surface area contributed by atoms with Crippen LogP contribution in [0.4, 0.5) is 29.1 Å².